The van der Waals surface area contributed by atoms with Crippen molar-refractivity contribution in [3.63, 3.8) is 0 Å². The normalized spacial score (nSPS) is 10.9. The zero-order valence-corrected chi connectivity index (χ0v) is 11.7. The molecule has 0 heterocycles. The number of methoxy groups -OCH3 is 1. The van der Waals surface area contributed by atoms with E-state index >= 15 is 0 Å². The molecule has 0 aliphatic rings. The minimum Gasteiger partial charge on any atom is -0.385 e. The molecule has 0 atom stereocenters. The first-order valence-corrected chi connectivity index (χ1v) is 6.19. The second kappa shape index (κ2) is 9.81. The molecule has 16 heavy (non-hydrogen) atoms. The highest BCUT2D eigenvalue weighted by Gasteiger charge is 2.02. The summed E-state index contributed by atoms with van der Waals surface area (Å²) in [6, 6.07) is 0.574. The second-order valence-electron chi connectivity index (χ2n) is 4.10. The molecule has 0 aromatic carbocycles. The van der Waals surface area contributed by atoms with Gasteiger partial charge in [0.25, 0.3) is 0 Å². The Morgan fingerprint density at radius 2 is 1.94 bits per heavy atom. The number of nitrogens with one attached hydrogen (secondary N) is 2. The van der Waals surface area contributed by atoms with Crippen molar-refractivity contribution in [3.8, 4) is 0 Å². The van der Waals surface area contributed by atoms with E-state index < -0.39 is 0 Å². The van der Waals surface area contributed by atoms with E-state index in [-0.39, 0.29) is 0 Å². The van der Waals surface area contributed by atoms with E-state index in [4.69, 9.17) is 17.0 Å². The van der Waals surface area contributed by atoms with Crippen LogP contribution in [0.5, 0.6) is 0 Å². The summed E-state index contributed by atoms with van der Waals surface area (Å²) in [5.74, 6) is 0. The highest BCUT2D eigenvalue weighted by molar-refractivity contribution is 7.80. The average Bonchev–Trinajstić information content (AvgIpc) is 2.24. The summed E-state index contributed by atoms with van der Waals surface area (Å²) >= 11 is 5.14. The summed E-state index contributed by atoms with van der Waals surface area (Å²) in [5, 5.41) is 7.06. The smallest absolute Gasteiger partial charge is 0.166 e. The van der Waals surface area contributed by atoms with Crippen molar-refractivity contribution in [2.45, 2.75) is 26.3 Å². The van der Waals surface area contributed by atoms with Crippen LogP contribution < -0.4 is 10.6 Å². The third-order valence-corrected chi connectivity index (χ3v) is 2.73. The molecule has 0 spiro atoms. The molecule has 0 aliphatic carbocycles. The van der Waals surface area contributed by atoms with Gasteiger partial charge in [-0.3, -0.25) is 0 Å². The van der Waals surface area contributed by atoms with Crippen molar-refractivity contribution in [2.75, 3.05) is 40.4 Å². The van der Waals surface area contributed by atoms with Gasteiger partial charge in [-0.05, 0) is 39.5 Å². The van der Waals surface area contributed by atoms with Crippen LogP contribution in [0.2, 0.25) is 0 Å². The van der Waals surface area contributed by atoms with Gasteiger partial charge in [0.1, 0.15) is 0 Å². The molecule has 0 unspecified atom stereocenters. The van der Waals surface area contributed by atoms with E-state index in [2.05, 4.69) is 36.4 Å². The van der Waals surface area contributed by atoms with Crippen LogP contribution in [0.1, 0.15) is 20.3 Å². The van der Waals surface area contributed by atoms with Crippen molar-refractivity contribution in [1.29, 1.82) is 0 Å². The first-order chi connectivity index (χ1) is 7.57. The molecular formula is C11H25N3OS. The van der Waals surface area contributed by atoms with Gasteiger partial charge in [-0.15, -0.1) is 0 Å². The number of ether oxygens (including phenoxy) is 1. The zero-order chi connectivity index (χ0) is 12.4. The molecule has 0 rings (SSSR count). The maximum absolute atomic E-state index is 5.14. The number of nitrogens with zero attached hydrogens (tertiary/aromatic N) is 1. The molecule has 0 aromatic heterocycles. The van der Waals surface area contributed by atoms with Crippen LogP contribution in [0, 0.1) is 0 Å². The highest BCUT2D eigenvalue weighted by Crippen LogP contribution is 1.90. The Morgan fingerprint density at radius 3 is 2.50 bits per heavy atom. The molecule has 4 nitrogen and oxygen atoms in total. The molecule has 0 saturated heterocycles. The van der Waals surface area contributed by atoms with Crippen LogP contribution in [0.4, 0.5) is 0 Å². The van der Waals surface area contributed by atoms with Gasteiger partial charge in [-0.1, -0.05) is 0 Å². The van der Waals surface area contributed by atoms with Crippen molar-refractivity contribution >= 4 is 17.3 Å². The first kappa shape index (κ1) is 15.6. The molecule has 0 aliphatic heterocycles. The number of hydrogen-bond donors (Lipinski definition) is 2. The maximum Gasteiger partial charge on any atom is 0.166 e. The van der Waals surface area contributed by atoms with Crippen LogP contribution in [-0.2, 0) is 4.74 Å². The Labute approximate surface area is 105 Å². The molecule has 0 amide bonds. The number of hydrogen-bond acceptors (Lipinski definition) is 3. The average molecular weight is 247 g/mol. The monoisotopic (exact) mass is 247 g/mol. The molecule has 0 aromatic rings. The number of likely N-dealkylation sites (N-methyl/N-ethyl adjacent to an activating group) is 1. The SMILES string of the molecule is COCCCNC(=S)NCCN(C)C(C)C. The zero-order valence-electron chi connectivity index (χ0n) is 10.9. The molecule has 0 saturated carbocycles. The molecule has 96 valence electrons. The fraction of sp³-hybridized carbons (Fsp3) is 0.909. The minimum atomic E-state index is 0.574. The van der Waals surface area contributed by atoms with Crippen molar-refractivity contribution in [1.82, 2.24) is 15.5 Å². The Bertz CT molecular complexity index is 188. The number of thiocarbonyl (C=S) groups is 1. The minimum absolute atomic E-state index is 0.574. The van der Waals surface area contributed by atoms with E-state index in [1.807, 2.05) is 0 Å². The maximum atomic E-state index is 5.14. The fourth-order valence-corrected chi connectivity index (χ4v) is 1.29. The summed E-state index contributed by atoms with van der Waals surface area (Å²) in [7, 11) is 3.82. The summed E-state index contributed by atoms with van der Waals surface area (Å²) < 4.78 is 4.95. The van der Waals surface area contributed by atoms with E-state index in [0.29, 0.717) is 6.04 Å². The highest BCUT2D eigenvalue weighted by atomic mass is 32.1. The fourth-order valence-electron chi connectivity index (χ4n) is 1.08. The lowest BCUT2D eigenvalue weighted by molar-refractivity contribution is 0.195. The lowest BCUT2D eigenvalue weighted by Gasteiger charge is -2.21. The standard InChI is InChI=1S/C11H25N3OS/c1-10(2)14(3)8-7-13-11(16)12-6-5-9-15-4/h10H,5-9H2,1-4H3,(H2,12,13,16). The topological polar surface area (TPSA) is 36.5 Å². The van der Waals surface area contributed by atoms with Gasteiger partial charge < -0.3 is 20.3 Å². The predicted octanol–water partition coefficient (Wildman–Crippen LogP) is 0.827. The molecule has 0 fully saturated rings. The van der Waals surface area contributed by atoms with E-state index in [9.17, 15) is 0 Å². The number of rotatable bonds is 8. The van der Waals surface area contributed by atoms with E-state index in [1.165, 1.54) is 0 Å². The largest absolute Gasteiger partial charge is 0.385 e. The van der Waals surface area contributed by atoms with Gasteiger partial charge in [-0.25, -0.2) is 0 Å². The lowest BCUT2D eigenvalue weighted by Crippen LogP contribution is -2.41. The quantitative estimate of drug-likeness (QED) is 0.491. The van der Waals surface area contributed by atoms with E-state index in [1.54, 1.807) is 7.11 Å². The molecule has 2 N–H and O–H groups in total. The predicted molar refractivity (Wildman–Crippen MR) is 72.9 cm³/mol. The van der Waals surface area contributed by atoms with E-state index in [0.717, 1.165) is 37.8 Å². The van der Waals surface area contributed by atoms with Crippen LogP contribution in [0.25, 0.3) is 0 Å². The summed E-state index contributed by atoms with van der Waals surface area (Å²) in [4.78, 5) is 2.28. The van der Waals surface area contributed by atoms with Crippen LogP contribution >= 0.6 is 12.2 Å². The molecular weight excluding hydrogens is 222 g/mol. The van der Waals surface area contributed by atoms with Crippen LogP contribution in [-0.4, -0.2) is 56.5 Å². The summed E-state index contributed by atoms with van der Waals surface area (Å²) in [6.07, 6.45) is 0.976. The van der Waals surface area contributed by atoms with Crippen molar-refractivity contribution < 1.29 is 4.74 Å². The van der Waals surface area contributed by atoms with Gasteiger partial charge in [-0.2, -0.15) is 0 Å². The lowest BCUT2D eigenvalue weighted by atomic mass is 10.3. The van der Waals surface area contributed by atoms with Gasteiger partial charge in [0, 0.05) is 39.4 Å². The Morgan fingerprint density at radius 1 is 1.31 bits per heavy atom. The van der Waals surface area contributed by atoms with Crippen molar-refractivity contribution in [3.05, 3.63) is 0 Å². The summed E-state index contributed by atoms with van der Waals surface area (Å²) in [5.41, 5.74) is 0. The van der Waals surface area contributed by atoms with Gasteiger partial charge >= 0.3 is 0 Å². The summed E-state index contributed by atoms with van der Waals surface area (Å²) in [6.45, 7) is 7.87. The van der Waals surface area contributed by atoms with Crippen LogP contribution in [0.3, 0.4) is 0 Å². The second-order valence-corrected chi connectivity index (χ2v) is 4.51. The molecule has 0 bridgehead atoms. The molecule has 5 heteroatoms. The van der Waals surface area contributed by atoms with Crippen LogP contribution in [0.15, 0.2) is 0 Å². The van der Waals surface area contributed by atoms with Gasteiger partial charge in [0.15, 0.2) is 5.11 Å². The Balaban J connectivity index is 3.37. The Hall–Kier alpha value is -0.390. The first-order valence-electron chi connectivity index (χ1n) is 5.78. The van der Waals surface area contributed by atoms with Gasteiger partial charge in [0.05, 0.1) is 0 Å². The third kappa shape index (κ3) is 8.88. The van der Waals surface area contributed by atoms with Gasteiger partial charge in [0.2, 0.25) is 0 Å². The van der Waals surface area contributed by atoms with Crippen molar-refractivity contribution in [2.24, 2.45) is 0 Å². The third-order valence-electron chi connectivity index (χ3n) is 2.44. The Kier molecular flexibility index (Phi) is 9.57. The molecule has 0 radical (unpaired) electrons.